The highest BCUT2D eigenvalue weighted by molar-refractivity contribution is 7.89. The normalized spacial score (nSPS) is 12.1. The van der Waals surface area contributed by atoms with Crippen molar-refractivity contribution in [2.75, 3.05) is 12.4 Å². The van der Waals surface area contributed by atoms with Crippen molar-refractivity contribution in [3.05, 3.63) is 95.1 Å². The largest absolute Gasteiger partial charge is 0.416 e. The molecule has 9 heteroatoms. The molecule has 0 fully saturated rings. The Balaban J connectivity index is 1.86. The number of halogens is 3. The first-order valence-corrected chi connectivity index (χ1v) is 11.0. The van der Waals surface area contributed by atoms with E-state index in [1.165, 1.54) is 41.7 Å². The molecule has 0 atom stereocenters. The fraction of sp³-hybridized carbons (Fsp3) is 0.174. The molecule has 3 aromatic carbocycles. The predicted octanol–water partition coefficient (Wildman–Crippen LogP) is 5.09. The summed E-state index contributed by atoms with van der Waals surface area (Å²) < 4.78 is 66.0. The van der Waals surface area contributed by atoms with Crippen molar-refractivity contribution in [2.24, 2.45) is 0 Å². The molecule has 0 spiro atoms. The molecule has 0 aliphatic rings. The first-order valence-electron chi connectivity index (χ1n) is 9.58. The second-order valence-electron chi connectivity index (χ2n) is 7.26. The lowest BCUT2D eigenvalue weighted by molar-refractivity contribution is -0.137. The Morgan fingerprint density at radius 2 is 1.66 bits per heavy atom. The van der Waals surface area contributed by atoms with E-state index in [9.17, 15) is 26.4 Å². The monoisotopic (exact) mass is 462 g/mol. The third-order valence-corrected chi connectivity index (χ3v) is 6.66. The number of anilines is 1. The molecule has 1 N–H and O–H groups in total. The van der Waals surface area contributed by atoms with Gasteiger partial charge in [-0.05, 0) is 48.4 Å². The van der Waals surface area contributed by atoms with Gasteiger partial charge < -0.3 is 5.32 Å². The third-order valence-electron chi connectivity index (χ3n) is 4.86. The SMILES string of the molecule is Cc1ccc(S(=O)(=O)N(C)Cc2ccccc2)cc1C(=O)Nc1cccc(C(F)(F)F)c1. The summed E-state index contributed by atoms with van der Waals surface area (Å²) in [5, 5.41) is 2.41. The van der Waals surface area contributed by atoms with Crippen molar-refractivity contribution in [3.8, 4) is 0 Å². The van der Waals surface area contributed by atoms with Crippen molar-refractivity contribution in [1.29, 1.82) is 0 Å². The zero-order valence-corrected chi connectivity index (χ0v) is 18.2. The van der Waals surface area contributed by atoms with Gasteiger partial charge in [0, 0.05) is 24.8 Å². The Bertz CT molecular complexity index is 1230. The number of sulfonamides is 1. The van der Waals surface area contributed by atoms with Gasteiger partial charge in [-0.2, -0.15) is 17.5 Å². The van der Waals surface area contributed by atoms with Gasteiger partial charge in [-0.1, -0.05) is 42.5 Å². The van der Waals surface area contributed by atoms with Gasteiger partial charge in [-0.15, -0.1) is 0 Å². The molecule has 168 valence electrons. The Hall–Kier alpha value is -3.17. The van der Waals surface area contributed by atoms with Crippen LogP contribution in [0.5, 0.6) is 0 Å². The van der Waals surface area contributed by atoms with Crippen LogP contribution in [0.4, 0.5) is 18.9 Å². The highest BCUT2D eigenvalue weighted by Gasteiger charge is 2.30. The molecular weight excluding hydrogens is 441 g/mol. The number of hydrogen-bond donors (Lipinski definition) is 1. The summed E-state index contributed by atoms with van der Waals surface area (Å²) in [6.07, 6.45) is -4.55. The Kier molecular flexibility index (Phi) is 6.71. The molecule has 1 amide bonds. The molecule has 5 nitrogen and oxygen atoms in total. The Labute approximate surface area is 184 Å². The highest BCUT2D eigenvalue weighted by atomic mass is 32.2. The van der Waals surface area contributed by atoms with E-state index in [-0.39, 0.29) is 22.7 Å². The number of nitrogens with zero attached hydrogens (tertiary/aromatic N) is 1. The van der Waals surface area contributed by atoms with Gasteiger partial charge >= 0.3 is 6.18 Å². The summed E-state index contributed by atoms with van der Waals surface area (Å²) in [5.41, 5.74) is 0.397. The molecule has 0 bridgehead atoms. The van der Waals surface area contributed by atoms with Crippen LogP contribution >= 0.6 is 0 Å². The maximum Gasteiger partial charge on any atom is 0.416 e. The average Bonchev–Trinajstić information content (AvgIpc) is 2.74. The summed E-state index contributed by atoms with van der Waals surface area (Å²) in [5.74, 6) is -0.704. The molecule has 32 heavy (non-hydrogen) atoms. The van der Waals surface area contributed by atoms with E-state index in [0.717, 1.165) is 17.7 Å². The van der Waals surface area contributed by atoms with Gasteiger partial charge in [0.1, 0.15) is 0 Å². The molecule has 0 unspecified atom stereocenters. The predicted molar refractivity (Wildman–Crippen MR) is 116 cm³/mol. The van der Waals surface area contributed by atoms with Gasteiger partial charge in [0.05, 0.1) is 10.5 Å². The highest BCUT2D eigenvalue weighted by Crippen LogP contribution is 2.31. The summed E-state index contributed by atoms with van der Waals surface area (Å²) >= 11 is 0. The van der Waals surface area contributed by atoms with Crippen molar-refractivity contribution in [1.82, 2.24) is 4.31 Å². The average molecular weight is 462 g/mol. The van der Waals surface area contributed by atoms with E-state index < -0.39 is 27.7 Å². The van der Waals surface area contributed by atoms with Crippen LogP contribution in [0.3, 0.4) is 0 Å². The molecule has 0 saturated carbocycles. The number of rotatable bonds is 6. The molecule has 0 radical (unpaired) electrons. The molecule has 3 rings (SSSR count). The van der Waals surface area contributed by atoms with E-state index in [4.69, 9.17) is 0 Å². The summed E-state index contributed by atoms with van der Waals surface area (Å²) in [7, 11) is -2.47. The fourth-order valence-electron chi connectivity index (χ4n) is 3.08. The number of amides is 1. The molecule has 0 saturated heterocycles. The molecule has 0 aliphatic heterocycles. The maximum absolute atomic E-state index is 13.0. The lowest BCUT2D eigenvalue weighted by atomic mass is 10.1. The number of hydrogen-bond acceptors (Lipinski definition) is 3. The number of alkyl halides is 3. The minimum Gasteiger partial charge on any atom is -0.322 e. The van der Waals surface area contributed by atoms with Crippen LogP contribution in [-0.2, 0) is 22.7 Å². The number of carbonyl (C=O) groups excluding carboxylic acids is 1. The molecule has 3 aromatic rings. The van der Waals surface area contributed by atoms with Gasteiger partial charge in [-0.25, -0.2) is 8.42 Å². The zero-order chi connectivity index (χ0) is 23.5. The van der Waals surface area contributed by atoms with Gasteiger partial charge in [-0.3, -0.25) is 4.79 Å². The van der Waals surface area contributed by atoms with Gasteiger partial charge in [0.15, 0.2) is 0 Å². The Morgan fingerprint density at radius 1 is 0.969 bits per heavy atom. The number of benzene rings is 3. The zero-order valence-electron chi connectivity index (χ0n) is 17.3. The van der Waals surface area contributed by atoms with Gasteiger partial charge in [0.2, 0.25) is 10.0 Å². The van der Waals surface area contributed by atoms with Crippen LogP contribution in [0, 0.1) is 6.92 Å². The lowest BCUT2D eigenvalue weighted by Crippen LogP contribution is -2.27. The van der Waals surface area contributed by atoms with Crippen LogP contribution in [-0.4, -0.2) is 25.7 Å². The van der Waals surface area contributed by atoms with Crippen LogP contribution < -0.4 is 5.32 Å². The first-order chi connectivity index (χ1) is 15.0. The second kappa shape index (κ2) is 9.13. The standard InChI is InChI=1S/C23H21F3N2O3S/c1-16-11-12-20(32(30,31)28(2)15-17-7-4-3-5-8-17)14-21(16)22(29)27-19-10-6-9-18(13-19)23(24,25)26/h3-14H,15H2,1-2H3,(H,27,29). The van der Waals surface area contributed by atoms with Crippen molar-refractivity contribution in [2.45, 2.75) is 24.5 Å². The molecular formula is C23H21F3N2O3S. The van der Waals surface area contributed by atoms with E-state index in [2.05, 4.69) is 5.32 Å². The lowest BCUT2D eigenvalue weighted by Gasteiger charge is -2.18. The van der Waals surface area contributed by atoms with Crippen molar-refractivity contribution < 1.29 is 26.4 Å². The topological polar surface area (TPSA) is 66.5 Å². The fourth-order valence-corrected chi connectivity index (χ4v) is 4.27. The first kappa shape index (κ1) is 23.5. The minimum atomic E-state index is -4.55. The third kappa shape index (κ3) is 5.35. The Morgan fingerprint density at radius 3 is 2.31 bits per heavy atom. The van der Waals surface area contributed by atoms with Crippen LogP contribution in [0.2, 0.25) is 0 Å². The van der Waals surface area contributed by atoms with Crippen LogP contribution in [0.25, 0.3) is 0 Å². The molecule has 0 aromatic heterocycles. The van der Waals surface area contributed by atoms with Crippen LogP contribution in [0.1, 0.15) is 27.0 Å². The number of aryl methyl sites for hydroxylation is 1. The van der Waals surface area contributed by atoms with Crippen molar-refractivity contribution >= 4 is 21.6 Å². The number of carbonyl (C=O) groups is 1. The second-order valence-corrected chi connectivity index (χ2v) is 9.30. The molecule has 0 aliphatic carbocycles. The van der Waals surface area contributed by atoms with E-state index >= 15 is 0 Å². The van der Waals surface area contributed by atoms with Gasteiger partial charge in [0.25, 0.3) is 5.91 Å². The maximum atomic E-state index is 13.0. The number of nitrogens with one attached hydrogen (secondary N) is 1. The smallest absolute Gasteiger partial charge is 0.322 e. The summed E-state index contributed by atoms with van der Waals surface area (Å²) in [6, 6.07) is 17.4. The summed E-state index contributed by atoms with van der Waals surface area (Å²) in [6.45, 7) is 1.76. The van der Waals surface area contributed by atoms with Crippen LogP contribution in [0.15, 0.2) is 77.7 Å². The van der Waals surface area contributed by atoms with E-state index in [0.29, 0.717) is 5.56 Å². The van der Waals surface area contributed by atoms with E-state index in [1.54, 1.807) is 31.2 Å². The molecule has 0 heterocycles. The summed E-state index contributed by atoms with van der Waals surface area (Å²) in [4.78, 5) is 12.6. The van der Waals surface area contributed by atoms with Crippen molar-refractivity contribution in [3.63, 3.8) is 0 Å². The van der Waals surface area contributed by atoms with E-state index in [1.807, 2.05) is 6.07 Å². The minimum absolute atomic E-state index is 0.0429. The quantitative estimate of drug-likeness (QED) is 0.555.